The Morgan fingerprint density at radius 1 is 1.59 bits per heavy atom. The first-order chi connectivity index (χ1) is 8.13. The van der Waals surface area contributed by atoms with Crippen LogP contribution in [0.5, 0.6) is 0 Å². The van der Waals surface area contributed by atoms with Crippen LogP contribution in [0.1, 0.15) is 18.5 Å². The van der Waals surface area contributed by atoms with E-state index in [-0.39, 0.29) is 12.0 Å². The van der Waals surface area contributed by atoms with Gasteiger partial charge in [-0.25, -0.2) is 4.79 Å². The van der Waals surface area contributed by atoms with Crippen LogP contribution in [0.4, 0.5) is 0 Å². The molecule has 0 spiro atoms. The fourth-order valence-corrected chi connectivity index (χ4v) is 2.72. The number of rotatable bonds is 2. The van der Waals surface area contributed by atoms with E-state index in [1.165, 1.54) is 7.11 Å². The molecule has 1 aromatic heterocycles. The van der Waals surface area contributed by atoms with Crippen molar-refractivity contribution in [3.8, 4) is 0 Å². The minimum Gasteiger partial charge on any atom is -0.466 e. The third-order valence-electron chi connectivity index (χ3n) is 2.55. The summed E-state index contributed by atoms with van der Waals surface area (Å²) in [7, 11) is 1.38. The van der Waals surface area contributed by atoms with E-state index in [1.807, 2.05) is 23.8 Å². The molecule has 0 bridgehead atoms. The third-order valence-corrected chi connectivity index (χ3v) is 3.47. The molecule has 17 heavy (non-hydrogen) atoms. The molecule has 90 valence electrons. The van der Waals surface area contributed by atoms with Crippen LogP contribution in [0, 0.1) is 0 Å². The van der Waals surface area contributed by atoms with Crippen LogP contribution in [-0.2, 0) is 9.53 Å². The largest absolute Gasteiger partial charge is 0.466 e. The van der Waals surface area contributed by atoms with Gasteiger partial charge < -0.3 is 15.4 Å². The third kappa shape index (κ3) is 2.32. The molecular weight excluding hydrogens is 256 g/mol. The van der Waals surface area contributed by atoms with Gasteiger partial charge in [0.1, 0.15) is 0 Å². The number of hydrogen-bond donors (Lipinski definition) is 2. The Labute approximate surface area is 109 Å². The highest BCUT2D eigenvalue weighted by Crippen LogP contribution is 2.28. The second-order valence-electron chi connectivity index (χ2n) is 3.62. The molecule has 0 aliphatic carbocycles. The summed E-state index contributed by atoms with van der Waals surface area (Å²) in [6.45, 7) is 1.82. The molecule has 1 atom stereocenters. The molecule has 2 rings (SSSR count). The summed E-state index contributed by atoms with van der Waals surface area (Å²) in [6.07, 6.45) is 0. The second kappa shape index (κ2) is 4.85. The highest BCUT2D eigenvalue weighted by atomic mass is 32.1. The summed E-state index contributed by atoms with van der Waals surface area (Å²) < 4.78 is 4.81. The van der Waals surface area contributed by atoms with Crippen molar-refractivity contribution in [3.05, 3.63) is 33.7 Å². The Morgan fingerprint density at radius 3 is 2.94 bits per heavy atom. The Hall–Kier alpha value is -1.40. The molecule has 2 heterocycles. The number of nitrogens with one attached hydrogen (secondary N) is 2. The molecule has 4 nitrogen and oxygen atoms in total. The van der Waals surface area contributed by atoms with Crippen LogP contribution in [0.3, 0.4) is 0 Å². The number of esters is 1. The molecule has 1 aliphatic rings. The van der Waals surface area contributed by atoms with Gasteiger partial charge in [-0.3, -0.25) is 0 Å². The summed E-state index contributed by atoms with van der Waals surface area (Å²) in [6, 6.07) is 1.73. The topological polar surface area (TPSA) is 50.4 Å². The number of methoxy groups -OCH3 is 1. The van der Waals surface area contributed by atoms with Gasteiger partial charge in [0, 0.05) is 5.70 Å². The fraction of sp³-hybridized carbons (Fsp3) is 0.273. The van der Waals surface area contributed by atoms with Crippen LogP contribution < -0.4 is 10.6 Å². The fourth-order valence-electron chi connectivity index (χ4n) is 1.76. The van der Waals surface area contributed by atoms with E-state index in [9.17, 15) is 4.79 Å². The summed E-state index contributed by atoms with van der Waals surface area (Å²) in [5.41, 5.74) is 2.31. The van der Waals surface area contributed by atoms with E-state index >= 15 is 0 Å². The molecule has 0 saturated heterocycles. The van der Waals surface area contributed by atoms with Crippen LogP contribution in [-0.4, -0.2) is 18.2 Å². The monoisotopic (exact) mass is 268 g/mol. The van der Waals surface area contributed by atoms with Crippen molar-refractivity contribution in [2.75, 3.05) is 7.11 Å². The lowest BCUT2D eigenvalue weighted by molar-refractivity contribution is -0.136. The lowest BCUT2D eigenvalue weighted by Gasteiger charge is -2.28. The first-order valence-corrected chi connectivity index (χ1v) is 6.37. The summed E-state index contributed by atoms with van der Waals surface area (Å²) >= 11 is 6.68. The van der Waals surface area contributed by atoms with E-state index in [0.717, 1.165) is 11.3 Å². The summed E-state index contributed by atoms with van der Waals surface area (Å²) in [5.74, 6) is -0.346. The van der Waals surface area contributed by atoms with Crippen molar-refractivity contribution in [1.82, 2.24) is 10.6 Å². The number of thiocarbonyl (C=S) groups is 1. The van der Waals surface area contributed by atoms with Crippen LogP contribution in [0.15, 0.2) is 28.1 Å². The van der Waals surface area contributed by atoms with Gasteiger partial charge in [0.05, 0.1) is 18.7 Å². The molecule has 0 aromatic carbocycles. The summed E-state index contributed by atoms with van der Waals surface area (Å²) in [5, 5.41) is 10.5. The lowest BCUT2D eigenvalue weighted by Crippen LogP contribution is -2.44. The van der Waals surface area contributed by atoms with Crippen molar-refractivity contribution in [2.24, 2.45) is 0 Å². The van der Waals surface area contributed by atoms with Gasteiger partial charge in [-0.05, 0) is 41.5 Å². The molecule has 1 aliphatic heterocycles. The van der Waals surface area contributed by atoms with Crippen molar-refractivity contribution in [3.63, 3.8) is 0 Å². The quantitative estimate of drug-likeness (QED) is 0.632. The number of ether oxygens (including phenoxy) is 1. The number of hydrogen-bond acceptors (Lipinski definition) is 4. The van der Waals surface area contributed by atoms with Gasteiger partial charge in [-0.1, -0.05) is 0 Å². The van der Waals surface area contributed by atoms with Crippen LogP contribution >= 0.6 is 23.6 Å². The molecule has 0 saturated carbocycles. The standard InChI is InChI=1S/C11H12N2O2S2/c1-6-8(10(14)15-2)9(13-11(16)12-6)7-3-4-17-5-7/h3-5,9H,1-2H3,(H2,12,13,16)/t9-/m0/s1. The smallest absolute Gasteiger partial charge is 0.337 e. The molecule has 1 aromatic rings. The van der Waals surface area contributed by atoms with Crippen molar-refractivity contribution < 1.29 is 9.53 Å². The number of allylic oxidation sites excluding steroid dienone is 1. The zero-order valence-corrected chi connectivity index (χ0v) is 11.1. The normalized spacial score (nSPS) is 19.6. The maximum Gasteiger partial charge on any atom is 0.337 e. The Kier molecular flexibility index (Phi) is 3.44. The van der Waals surface area contributed by atoms with E-state index in [1.54, 1.807) is 11.3 Å². The SMILES string of the molecule is COC(=O)C1=C(C)NC(=S)N[C@H]1c1ccsc1. The minimum absolute atomic E-state index is 0.234. The molecular formula is C11H12N2O2S2. The minimum atomic E-state index is -0.346. The summed E-state index contributed by atoms with van der Waals surface area (Å²) in [4.78, 5) is 11.8. The predicted molar refractivity (Wildman–Crippen MR) is 70.6 cm³/mol. The van der Waals surface area contributed by atoms with Crippen molar-refractivity contribution >= 4 is 34.6 Å². The predicted octanol–water partition coefficient (Wildman–Crippen LogP) is 1.71. The van der Waals surface area contributed by atoms with Gasteiger partial charge in [-0.15, -0.1) is 0 Å². The highest BCUT2D eigenvalue weighted by Gasteiger charge is 2.30. The molecule has 6 heteroatoms. The zero-order valence-electron chi connectivity index (χ0n) is 9.44. The number of thiophene rings is 1. The van der Waals surface area contributed by atoms with Gasteiger partial charge in [0.25, 0.3) is 0 Å². The Morgan fingerprint density at radius 2 is 2.35 bits per heavy atom. The van der Waals surface area contributed by atoms with Crippen molar-refractivity contribution in [1.29, 1.82) is 0 Å². The maximum absolute atomic E-state index is 11.8. The van der Waals surface area contributed by atoms with E-state index < -0.39 is 0 Å². The molecule has 0 fully saturated rings. The lowest BCUT2D eigenvalue weighted by atomic mass is 9.98. The van der Waals surface area contributed by atoms with Gasteiger partial charge in [0.15, 0.2) is 5.11 Å². The number of carbonyl (C=O) groups is 1. The van der Waals surface area contributed by atoms with E-state index in [2.05, 4.69) is 10.6 Å². The average molecular weight is 268 g/mol. The Bertz CT molecular complexity index is 480. The molecule has 0 radical (unpaired) electrons. The molecule has 0 unspecified atom stereocenters. The average Bonchev–Trinajstić information content (AvgIpc) is 2.80. The second-order valence-corrected chi connectivity index (χ2v) is 4.81. The molecule has 2 N–H and O–H groups in total. The molecule has 0 amide bonds. The maximum atomic E-state index is 11.8. The van der Waals surface area contributed by atoms with Gasteiger partial charge >= 0.3 is 5.97 Å². The highest BCUT2D eigenvalue weighted by molar-refractivity contribution is 7.80. The zero-order chi connectivity index (χ0) is 12.4. The van der Waals surface area contributed by atoms with Gasteiger partial charge in [0.2, 0.25) is 0 Å². The van der Waals surface area contributed by atoms with Crippen molar-refractivity contribution in [2.45, 2.75) is 13.0 Å². The van der Waals surface area contributed by atoms with E-state index in [4.69, 9.17) is 17.0 Å². The van der Waals surface area contributed by atoms with Gasteiger partial charge in [-0.2, -0.15) is 11.3 Å². The Balaban J connectivity index is 2.44. The first kappa shape index (κ1) is 12.1. The first-order valence-electron chi connectivity index (χ1n) is 5.02. The number of carbonyl (C=O) groups excluding carboxylic acids is 1. The van der Waals surface area contributed by atoms with Crippen LogP contribution in [0.25, 0.3) is 0 Å². The van der Waals surface area contributed by atoms with E-state index in [0.29, 0.717) is 10.7 Å². The van der Waals surface area contributed by atoms with Crippen LogP contribution in [0.2, 0.25) is 0 Å².